The van der Waals surface area contributed by atoms with Crippen LogP contribution in [-0.4, -0.2) is 23.2 Å². The lowest BCUT2D eigenvalue weighted by atomic mass is 10.4. The van der Waals surface area contributed by atoms with Gasteiger partial charge >= 0.3 is 0 Å². The minimum atomic E-state index is -3.67. The van der Waals surface area contributed by atoms with Gasteiger partial charge in [-0.15, -0.1) is 0 Å². The van der Waals surface area contributed by atoms with Gasteiger partial charge in [0, 0.05) is 13.2 Å². The topological polar surface area (TPSA) is 103 Å². The second-order valence-corrected chi connectivity index (χ2v) is 5.40. The zero-order valence-corrected chi connectivity index (χ0v) is 10.6. The standard InChI is InChI=1S/C10H13N5O2S/c1-15-10(11)9(7-13-15)18(16,17)14-6-8-4-2-3-5-12-8/h2-5,7,14H,6,11H2,1H3. The van der Waals surface area contributed by atoms with E-state index in [2.05, 4.69) is 14.8 Å². The van der Waals surface area contributed by atoms with Gasteiger partial charge in [-0.3, -0.25) is 9.67 Å². The Kier molecular flexibility index (Phi) is 3.30. The van der Waals surface area contributed by atoms with E-state index in [0.717, 1.165) is 0 Å². The molecule has 3 N–H and O–H groups in total. The van der Waals surface area contributed by atoms with Gasteiger partial charge in [0.15, 0.2) is 0 Å². The highest BCUT2D eigenvalue weighted by Crippen LogP contribution is 2.16. The van der Waals surface area contributed by atoms with Crippen LogP contribution in [0.2, 0.25) is 0 Å². The highest BCUT2D eigenvalue weighted by Gasteiger charge is 2.20. The molecule has 0 aliphatic heterocycles. The smallest absolute Gasteiger partial charge is 0.246 e. The van der Waals surface area contributed by atoms with Crippen molar-refractivity contribution in [3.63, 3.8) is 0 Å². The monoisotopic (exact) mass is 267 g/mol. The van der Waals surface area contributed by atoms with Gasteiger partial charge in [0.05, 0.1) is 18.4 Å². The number of nitrogens with two attached hydrogens (primary N) is 1. The summed E-state index contributed by atoms with van der Waals surface area (Å²) in [5.41, 5.74) is 6.25. The maximum atomic E-state index is 12.0. The fourth-order valence-corrected chi connectivity index (χ4v) is 2.47. The molecule has 0 unspecified atom stereocenters. The molecule has 0 aliphatic rings. The van der Waals surface area contributed by atoms with Crippen LogP contribution < -0.4 is 10.5 Å². The molecular weight excluding hydrogens is 254 g/mol. The summed E-state index contributed by atoms with van der Waals surface area (Å²) in [4.78, 5) is 4.00. The van der Waals surface area contributed by atoms with E-state index in [9.17, 15) is 8.42 Å². The number of hydrogen-bond acceptors (Lipinski definition) is 5. The molecule has 18 heavy (non-hydrogen) atoms. The SMILES string of the molecule is Cn1ncc(S(=O)(=O)NCc2ccccn2)c1N. The largest absolute Gasteiger partial charge is 0.383 e. The summed E-state index contributed by atoms with van der Waals surface area (Å²) < 4.78 is 27.7. The van der Waals surface area contributed by atoms with E-state index in [-0.39, 0.29) is 17.3 Å². The van der Waals surface area contributed by atoms with E-state index >= 15 is 0 Å². The second kappa shape index (κ2) is 4.75. The van der Waals surface area contributed by atoms with Crippen LogP contribution in [0.25, 0.3) is 0 Å². The van der Waals surface area contributed by atoms with Gasteiger partial charge in [0.25, 0.3) is 0 Å². The van der Waals surface area contributed by atoms with Crippen LogP contribution in [0.15, 0.2) is 35.5 Å². The number of aromatic nitrogens is 3. The van der Waals surface area contributed by atoms with Gasteiger partial charge in [0.1, 0.15) is 10.7 Å². The first-order valence-electron chi connectivity index (χ1n) is 5.18. The summed E-state index contributed by atoms with van der Waals surface area (Å²) in [6.45, 7) is 0.109. The first-order valence-corrected chi connectivity index (χ1v) is 6.66. The Morgan fingerprint density at radius 2 is 2.22 bits per heavy atom. The number of nitrogens with one attached hydrogen (secondary N) is 1. The van der Waals surface area contributed by atoms with Crippen LogP contribution in [-0.2, 0) is 23.6 Å². The fourth-order valence-electron chi connectivity index (χ4n) is 1.38. The fraction of sp³-hybridized carbons (Fsp3) is 0.200. The number of pyridine rings is 1. The van der Waals surface area contributed by atoms with E-state index in [1.54, 1.807) is 31.4 Å². The Balaban J connectivity index is 2.16. The van der Waals surface area contributed by atoms with Crippen molar-refractivity contribution in [2.75, 3.05) is 5.73 Å². The van der Waals surface area contributed by atoms with Gasteiger partial charge in [-0.25, -0.2) is 13.1 Å². The average Bonchev–Trinajstić information content (AvgIpc) is 2.70. The van der Waals surface area contributed by atoms with Gasteiger partial charge in [0.2, 0.25) is 10.0 Å². The summed E-state index contributed by atoms with van der Waals surface area (Å²) in [5.74, 6) is 0.100. The molecule has 2 aromatic heterocycles. The predicted molar refractivity (Wildman–Crippen MR) is 65.9 cm³/mol. The lowest BCUT2D eigenvalue weighted by molar-refractivity contribution is 0.581. The van der Waals surface area contributed by atoms with Crippen molar-refractivity contribution in [2.24, 2.45) is 7.05 Å². The maximum absolute atomic E-state index is 12.0. The number of rotatable bonds is 4. The normalized spacial score (nSPS) is 11.6. The van der Waals surface area contributed by atoms with Crippen molar-refractivity contribution < 1.29 is 8.42 Å². The first-order chi connectivity index (χ1) is 8.50. The minimum absolute atomic E-state index is 0.0269. The number of hydrogen-bond donors (Lipinski definition) is 2. The highest BCUT2D eigenvalue weighted by atomic mass is 32.2. The minimum Gasteiger partial charge on any atom is -0.383 e. The highest BCUT2D eigenvalue weighted by molar-refractivity contribution is 7.89. The van der Waals surface area contributed by atoms with E-state index in [0.29, 0.717) is 5.69 Å². The average molecular weight is 267 g/mol. The maximum Gasteiger partial charge on any atom is 0.246 e. The number of anilines is 1. The summed E-state index contributed by atoms with van der Waals surface area (Å²) in [5, 5.41) is 3.79. The van der Waals surface area contributed by atoms with Gasteiger partial charge in [-0.2, -0.15) is 5.10 Å². The van der Waals surface area contributed by atoms with Crippen LogP contribution in [0.3, 0.4) is 0 Å². The molecule has 0 saturated heterocycles. The molecule has 2 rings (SSSR count). The summed E-state index contributed by atoms with van der Waals surface area (Å²) in [6, 6.07) is 5.28. The van der Waals surface area contributed by atoms with Crippen molar-refractivity contribution in [3.8, 4) is 0 Å². The van der Waals surface area contributed by atoms with Crippen molar-refractivity contribution >= 4 is 15.8 Å². The Labute approximate surface area is 105 Å². The predicted octanol–water partition coefficient (Wildman–Crippen LogP) is -0.124. The molecule has 8 heteroatoms. The van der Waals surface area contributed by atoms with E-state index in [1.807, 2.05) is 0 Å². The Morgan fingerprint density at radius 3 is 2.78 bits per heavy atom. The summed E-state index contributed by atoms with van der Waals surface area (Å²) in [6.07, 6.45) is 2.82. The molecule has 0 fully saturated rings. The van der Waals surface area contributed by atoms with Crippen LogP contribution in [0.4, 0.5) is 5.82 Å². The van der Waals surface area contributed by atoms with Crippen LogP contribution in [0, 0.1) is 0 Å². The molecule has 0 aromatic carbocycles. The lowest BCUT2D eigenvalue weighted by Gasteiger charge is -2.05. The number of nitrogens with zero attached hydrogens (tertiary/aromatic N) is 3. The molecule has 0 atom stereocenters. The van der Waals surface area contributed by atoms with Crippen LogP contribution in [0.1, 0.15) is 5.69 Å². The molecule has 0 spiro atoms. The third-order valence-corrected chi connectivity index (χ3v) is 3.83. The van der Waals surface area contributed by atoms with Crippen LogP contribution in [0.5, 0.6) is 0 Å². The molecule has 2 heterocycles. The van der Waals surface area contributed by atoms with E-state index in [4.69, 9.17) is 5.73 Å². The molecule has 0 saturated carbocycles. The molecule has 2 aromatic rings. The van der Waals surface area contributed by atoms with E-state index < -0.39 is 10.0 Å². The van der Waals surface area contributed by atoms with Crippen LogP contribution >= 0.6 is 0 Å². The molecule has 96 valence electrons. The van der Waals surface area contributed by atoms with Gasteiger partial charge < -0.3 is 5.73 Å². The number of sulfonamides is 1. The van der Waals surface area contributed by atoms with E-state index in [1.165, 1.54) is 10.9 Å². The number of aryl methyl sites for hydroxylation is 1. The molecule has 0 amide bonds. The number of nitrogen functional groups attached to an aromatic ring is 1. The Bertz CT molecular complexity index is 636. The van der Waals surface area contributed by atoms with Gasteiger partial charge in [-0.05, 0) is 12.1 Å². The second-order valence-electron chi connectivity index (χ2n) is 3.66. The molecular formula is C10H13N5O2S. The zero-order valence-electron chi connectivity index (χ0n) is 9.74. The summed E-state index contributed by atoms with van der Waals surface area (Å²) >= 11 is 0. The molecule has 0 radical (unpaired) electrons. The van der Waals surface area contributed by atoms with Crippen molar-refractivity contribution in [1.82, 2.24) is 19.5 Å². The third-order valence-electron chi connectivity index (χ3n) is 2.41. The Hall–Kier alpha value is -1.93. The molecule has 0 aliphatic carbocycles. The zero-order chi connectivity index (χ0) is 13.2. The van der Waals surface area contributed by atoms with Crippen molar-refractivity contribution in [2.45, 2.75) is 11.4 Å². The Morgan fingerprint density at radius 1 is 1.44 bits per heavy atom. The molecule has 0 bridgehead atoms. The van der Waals surface area contributed by atoms with Crippen molar-refractivity contribution in [1.29, 1.82) is 0 Å². The first kappa shape index (κ1) is 12.5. The van der Waals surface area contributed by atoms with Gasteiger partial charge in [-0.1, -0.05) is 6.07 Å². The quantitative estimate of drug-likeness (QED) is 0.803. The summed E-state index contributed by atoms with van der Waals surface area (Å²) in [7, 11) is -2.09. The lowest BCUT2D eigenvalue weighted by Crippen LogP contribution is -2.24. The molecule has 7 nitrogen and oxygen atoms in total. The van der Waals surface area contributed by atoms with Crippen molar-refractivity contribution in [3.05, 3.63) is 36.3 Å². The third kappa shape index (κ3) is 2.49.